The minimum Gasteiger partial charge on any atom is -0.466 e. The van der Waals surface area contributed by atoms with Crippen LogP contribution in [0.4, 0.5) is 0 Å². The molecule has 88 valence electrons. The number of aromatic nitrogens is 1. The Hall–Kier alpha value is -1.42. The zero-order valence-corrected chi connectivity index (χ0v) is 9.56. The summed E-state index contributed by atoms with van der Waals surface area (Å²) in [4.78, 5) is 15.1. The van der Waals surface area contributed by atoms with Crippen LogP contribution in [0, 0.1) is 0 Å². The van der Waals surface area contributed by atoms with Crippen LogP contribution in [0.2, 0.25) is 0 Å². The van der Waals surface area contributed by atoms with Crippen LogP contribution >= 0.6 is 0 Å². The SMILES string of the molecule is CCOC(=O)CCC(N)Cc1cccnc1. The van der Waals surface area contributed by atoms with E-state index in [0.717, 1.165) is 12.0 Å². The van der Waals surface area contributed by atoms with Crippen LogP contribution in [-0.4, -0.2) is 23.6 Å². The predicted octanol–water partition coefficient (Wildman–Crippen LogP) is 1.29. The van der Waals surface area contributed by atoms with Gasteiger partial charge in [0.15, 0.2) is 0 Å². The van der Waals surface area contributed by atoms with Gasteiger partial charge in [-0.1, -0.05) is 6.07 Å². The van der Waals surface area contributed by atoms with Crippen molar-refractivity contribution in [3.05, 3.63) is 30.1 Å². The van der Waals surface area contributed by atoms with Gasteiger partial charge in [-0.05, 0) is 31.4 Å². The maximum Gasteiger partial charge on any atom is 0.305 e. The molecule has 0 aromatic carbocycles. The van der Waals surface area contributed by atoms with E-state index in [0.29, 0.717) is 19.4 Å². The number of nitrogens with two attached hydrogens (primary N) is 1. The Balaban J connectivity index is 2.26. The van der Waals surface area contributed by atoms with Crippen LogP contribution in [0.15, 0.2) is 24.5 Å². The summed E-state index contributed by atoms with van der Waals surface area (Å²) >= 11 is 0. The lowest BCUT2D eigenvalue weighted by Gasteiger charge is -2.10. The molecule has 1 atom stereocenters. The fourth-order valence-corrected chi connectivity index (χ4v) is 1.46. The Morgan fingerprint density at radius 3 is 3.06 bits per heavy atom. The number of ether oxygens (including phenoxy) is 1. The highest BCUT2D eigenvalue weighted by molar-refractivity contribution is 5.69. The smallest absolute Gasteiger partial charge is 0.305 e. The topological polar surface area (TPSA) is 65.2 Å². The first-order chi connectivity index (χ1) is 7.72. The van der Waals surface area contributed by atoms with Gasteiger partial charge in [-0.15, -0.1) is 0 Å². The zero-order valence-electron chi connectivity index (χ0n) is 9.56. The Morgan fingerprint density at radius 1 is 1.62 bits per heavy atom. The van der Waals surface area contributed by atoms with E-state index in [1.54, 1.807) is 19.3 Å². The van der Waals surface area contributed by atoms with Crippen molar-refractivity contribution in [3.8, 4) is 0 Å². The van der Waals surface area contributed by atoms with Gasteiger partial charge in [-0.25, -0.2) is 0 Å². The zero-order chi connectivity index (χ0) is 11.8. The molecular formula is C12H18N2O2. The van der Waals surface area contributed by atoms with E-state index in [4.69, 9.17) is 10.5 Å². The van der Waals surface area contributed by atoms with E-state index in [2.05, 4.69) is 4.98 Å². The molecule has 1 aromatic rings. The van der Waals surface area contributed by atoms with Gasteiger partial charge in [-0.3, -0.25) is 9.78 Å². The maximum absolute atomic E-state index is 11.1. The number of hydrogen-bond donors (Lipinski definition) is 1. The number of carbonyl (C=O) groups excluding carboxylic acids is 1. The van der Waals surface area contributed by atoms with E-state index in [9.17, 15) is 4.79 Å². The fraction of sp³-hybridized carbons (Fsp3) is 0.500. The standard InChI is InChI=1S/C12H18N2O2/c1-2-16-12(15)6-5-11(13)8-10-4-3-7-14-9-10/h3-4,7,9,11H,2,5-6,8,13H2,1H3. The summed E-state index contributed by atoms with van der Waals surface area (Å²) in [5, 5.41) is 0. The van der Waals surface area contributed by atoms with Gasteiger partial charge in [0, 0.05) is 24.9 Å². The second-order valence-corrected chi connectivity index (χ2v) is 3.67. The largest absolute Gasteiger partial charge is 0.466 e. The molecule has 4 heteroatoms. The lowest BCUT2D eigenvalue weighted by Crippen LogP contribution is -2.24. The Labute approximate surface area is 95.8 Å². The van der Waals surface area contributed by atoms with Crippen molar-refractivity contribution >= 4 is 5.97 Å². The minimum absolute atomic E-state index is 0.0198. The molecule has 0 aliphatic heterocycles. The van der Waals surface area contributed by atoms with E-state index in [1.165, 1.54) is 0 Å². The highest BCUT2D eigenvalue weighted by atomic mass is 16.5. The van der Waals surface area contributed by atoms with Crippen LogP contribution in [0.25, 0.3) is 0 Å². The molecule has 2 N–H and O–H groups in total. The number of rotatable bonds is 6. The first-order valence-corrected chi connectivity index (χ1v) is 5.52. The number of pyridine rings is 1. The highest BCUT2D eigenvalue weighted by Crippen LogP contribution is 2.05. The summed E-state index contributed by atoms with van der Waals surface area (Å²) in [6.45, 7) is 2.23. The summed E-state index contributed by atoms with van der Waals surface area (Å²) in [5.41, 5.74) is 7.01. The number of carbonyl (C=O) groups is 1. The van der Waals surface area contributed by atoms with Crippen molar-refractivity contribution < 1.29 is 9.53 Å². The molecule has 1 heterocycles. The van der Waals surface area contributed by atoms with Crippen LogP contribution in [0.5, 0.6) is 0 Å². The molecule has 0 aliphatic carbocycles. The second-order valence-electron chi connectivity index (χ2n) is 3.67. The van der Waals surface area contributed by atoms with Gasteiger partial charge in [0.1, 0.15) is 0 Å². The molecule has 0 fully saturated rings. The summed E-state index contributed by atoms with van der Waals surface area (Å²) in [7, 11) is 0. The fourth-order valence-electron chi connectivity index (χ4n) is 1.46. The average molecular weight is 222 g/mol. The van der Waals surface area contributed by atoms with Gasteiger partial charge in [0.2, 0.25) is 0 Å². The molecule has 1 unspecified atom stereocenters. The van der Waals surface area contributed by atoms with Crippen LogP contribution in [-0.2, 0) is 16.0 Å². The summed E-state index contributed by atoms with van der Waals surface area (Å²) < 4.78 is 4.84. The molecule has 4 nitrogen and oxygen atoms in total. The lowest BCUT2D eigenvalue weighted by atomic mass is 10.0. The maximum atomic E-state index is 11.1. The Morgan fingerprint density at radius 2 is 2.44 bits per heavy atom. The van der Waals surface area contributed by atoms with Crippen molar-refractivity contribution in [2.24, 2.45) is 5.73 Å². The van der Waals surface area contributed by atoms with Crippen molar-refractivity contribution in [3.63, 3.8) is 0 Å². The van der Waals surface area contributed by atoms with Crippen LogP contribution < -0.4 is 5.73 Å². The van der Waals surface area contributed by atoms with Gasteiger partial charge < -0.3 is 10.5 Å². The summed E-state index contributed by atoms with van der Waals surface area (Å²) in [6.07, 6.45) is 5.30. The molecule has 16 heavy (non-hydrogen) atoms. The number of nitrogens with zero attached hydrogens (tertiary/aromatic N) is 1. The van der Waals surface area contributed by atoms with Crippen LogP contribution in [0.1, 0.15) is 25.3 Å². The minimum atomic E-state index is -0.177. The Bertz CT molecular complexity index is 314. The normalized spacial score (nSPS) is 12.1. The molecule has 1 aromatic heterocycles. The molecule has 1 rings (SSSR count). The third-order valence-corrected chi connectivity index (χ3v) is 2.25. The summed E-state index contributed by atoms with van der Waals surface area (Å²) in [5.74, 6) is -0.177. The van der Waals surface area contributed by atoms with E-state index < -0.39 is 0 Å². The molecule has 0 saturated carbocycles. The average Bonchev–Trinajstić information content (AvgIpc) is 2.28. The molecule has 0 spiro atoms. The van der Waals surface area contributed by atoms with Crippen LogP contribution in [0.3, 0.4) is 0 Å². The highest BCUT2D eigenvalue weighted by Gasteiger charge is 2.08. The Kier molecular flexibility index (Phi) is 5.50. The molecule has 0 radical (unpaired) electrons. The van der Waals surface area contributed by atoms with Gasteiger partial charge >= 0.3 is 5.97 Å². The van der Waals surface area contributed by atoms with Gasteiger partial charge in [0.05, 0.1) is 6.61 Å². The molecule has 0 bridgehead atoms. The quantitative estimate of drug-likeness (QED) is 0.737. The molecule has 0 amide bonds. The predicted molar refractivity (Wildman–Crippen MR) is 61.8 cm³/mol. The van der Waals surface area contributed by atoms with E-state index >= 15 is 0 Å². The van der Waals surface area contributed by atoms with Crippen molar-refractivity contribution in [2.75, 3.05) is 6.61 Å². The molecular weight excluding hydrogens is 204 g/mol. The number of hydrogen-bond acceptors (Lipinski definition) is 4. The van der Waals surface area contributed by atoms with Crippen molar-refractivity contribution in [1.29, 1.82) is 0 Å². The number of esters is 1. The van der Waals surface area contributed by atoms with Gasteiger partial charge in [-0.2, -0.15) is 0 Å². The monoisotopic (exact) mass is 222 g/mol. The third kappa shape index (κ3) is 4.89. The lowest BCUT2D eigenvalue weighted by molar-refractivity contribution is -0.143. The first-order valence-electron chi connectivity index (χ1n) is 5.52. The van der Waals surface area contributed by atoms with E-state index in [-0.39, 0.29) is 12.0 Å². The van der Waals surface area contributed by atoms with Gasteiger partial charge in [0.25, 0.3) is 0 Å². The van der Waals surface area contributed by atoms with Crippen molar-refractivity contribution in [1.82, 2.24) is 4.98 Å². The molecule has 0 saturated heterocycles. The van der Waals surface area contributed by atoms with Crippen molar-refractivity contribution in [2.45, 2.75) is 32.2 Å². The second kappa shape index (κ2) is 6.95. The van der Waals surface area contributed by atoms with E-state index in [1.807, 2.05) is 12.1 Å². The summed E-state index contributed by atoms with van der Waals surface area (Å²) in [6, 6.07) is 3.85. The third-order valence-electron chi connectivity index (χ3n) is 2.25. The first kappa shape index (κ1) is 12.6. The molecule has 0 aliphatic rings.